The molecular formula is C12H12FN3OS. The summed E-state index contributed by atoms with van der Waals surface area (Å²) >= 11 is 1.34. The Morgan fingerprint density at radius 3 is 2.78 bits per heavy atom. The van der Waals surface area contributed by atoms with Crippen LogP contribution in [-0.2, 0) is 0 Å². The third kappa shape index (κ3) is 2.89. The van der Waals surface area contributed by atoms with Crippen LogP contribution in [-0.4, -0.2) is 15.9 Å². The van der Waals surface area contributed by atoms with Gasteiger partial charge in [-0.1, -0.05) is 19.9 Å². The second-order valence-electron chi connectivity index (χ2n) is 4.03. The largest absolute Gasteiger partial charge is 0.296 e. The van der Waals surface area contributed by atoms with Crippen molar-refractivity contribution in [2.45, 2.75) is 19.8 Å². The molecule has 0 atom stereocenters. The summed E-state index contributed by atoms with van der Waals surface area (Å²) in [6, 6.07) is 4.09. The topological polar surface area (TPSA) is 54.9 Å². The Kier molecular flexibility index (Phi) is 3.66. The minimum atomic E-state index is -0.676. The predicted molar refractivity (Wildman–Crippen MR) is 68.4 cm³/mol. The average Bonchev–Trinajstić information content (AvgIpc) is 2.77. The highest BCUT2D eigenvalue weighted by molar-refractivity contribution is 7.14. The molecule has 0 spiro atoms. The lowest BCUT2D eigenvalue weighted by atomic mass is 10.2. The molecule has 4 nitrogen and oxygen atoms in total. The first-order valence-electron chi connectivity index (χ1n) is 5.45. The molecule has 2 aromatic rings. The predicted octanol–water partition coefficient (Wildman–Crippen LogP) is 3.05. The van der Waals surface area contributed by atoms with Crippen LogP contribution in [0.15, 0.2) is 23.6 Å². The van der Waals surface area contributed by atoms with E-state index in [1.165, 1.54) is 29.5 Å². The lowest BCUT2D eigenvalue weighted by Gasteiger charge is -2.01. The normalized spacial score (nSPS) is 10.7. The van der Waals surface area contributed by atoms with Crippen LogP contribution in [0.2, 0.25) is 0 Å². The van der Waals surface area contributed by atoms with Gasteiger partial charge in [0.25, 0.3) is 5.91 Å². The molecule has 0 fully saturated rings. The van der Waals surface area contributed by atoms with Crippen LogP contribution in [0, 0.1) is 5.95 Å². The highest BCUT2D eigenvalue weighted by Gasteiger charge is 2.11. The summed E-state index contributed by atoms with van der Waals surface area (Å²) in [5, 5.41) is 4.98. The van der Waals surface area contributed by atoms with Crippen molar-refractivity contribution in [1.82, 2.24) is 9.97 Å². The van der Waals surface area contributed by atoms with E-state index in [9.17, 15) is 9.18 Å². The Bertz CT molecular complexity index is 568. The number of carbonyl (C=O) groups excluding carboxylic acids is 1. The van der Waals surface area contributed by atoms with E-state index >= 15 is 0 Å². The molecule has 0 bridgehead atoms. The Morgan fingerprint density at radius 1 is 1.39 bits per heavy atom. The number of hydrogen-bond acceptors (Lipinski definition) is 4. The summed E-state index contributed by atoms with van der Waals surface area (Å²) in [5.74, 6) is -0.831. The highest BCUT2D eigenvalue weighted by atomic mass is 32.1. The molecule has 0 radical (unpaired) electrons. The molecule has 1 amide bonds. The van der Waals surface area contributed by atoms with Crippen molar-refractivity contribution in [3.63, 3.8) is 0 Å². The number of rotatable bonds is 3. The zero-order valence-corrected chi connectivity index (χ0v) is 10.8. The van der Waals surface area contributed by atoms with Crippen molar-refractivity contribution in [1.29, 1.82) is 0 Å². The summed E-state index contributed by atoms with van der Waals surface area (Å²) in [6.07, 6.45) is 0. The maximum absolute atomic E-state index is 12.9. The first-order valence-corrected chi connectivity index (χ1v) is 6.33. The lowest BCUT2D eigenvalue weighted by Crippen LogP contribution is -2.14. The maximum atomic E-state index is 12.9. The second kappa shape index (κ2) is 5.22. The second-order valence-corrected chi connectivity index (χ2v) is 4.89. The van der Waals surface area contributed by atoms with Crippen LogP contribution < -0.4 is 5.32 Å². The van der Waals surface area contributed by atoms with Gasteiger partial charge in [0.1, 0.15) is 5.69 Å². The van der Waals surface area contributed by atoms with Crippen molar-refractivity contribution in [2.24, 2.45) is 0 Å². The van der Waals surface area contributed by atoms with Gasteiger partial charge in [-0.3, -0.25) is 10.1 Å². The van der Waals surface area contributed by atoms with E-state index in [1.807, 2.05) is 19.2 Å². The monoisotopic (exact) mass is 265 g/mol. The summed E-state index contributed by atoms with van der Waals surface area (Å²) < 4.78 is 12.9. The van der Waals surface area contributed by atoms with Crippen molar-refractivity contribution in [3.05, 3.63) is 40.9 Å². The van der Waals surface area contributed by atoms with Gasteiger partial charge >= 0.3 is 0 Å². The van der Waals surface area contributed by atoms with Crippen molar-refractivity contribution in [2.75, 3.05) is 5.32 Å². The number of hydrogen-bond donors (Lipinski definition) is 1. The molecule has 0 saturated heterocycles. The summed E-state index contributed by atoms with van der Waals surface area (Å²) in [6.45, 7) is 4.05. The van der Waals surface area contributed by atoms with Gasteiger partial charge in [-0.05, 0) is 18.1 Å². The zero-order valence-electron chi connectivity index (χ0n) is 9.98. The highest BCUT2D eigenvalue weighted by Crippen LogP contribution is 2.21. The maximum Gasteiger partial charge on any atom is 0.276 e. The molecule has 2 rings (SSSR count). The number of anilines is 1. The van der Waals surface area contributed by atoms with Gasteiger partial charge in [-0.2, -0.15) is 4.39 Å². The third-order valence-corrected chi connectivity index (χ3v) is 3.06. The Hall–Kier alpha value is -1.82. The van der Waals surface area contributed by atoms with Crippen LogP contribution >= 0.6 is 11.3 Å². The number of amides is 1. The minimum Gasteiger partial charge on any atom is -0.296 e. The van der Waals surface area contributed by atoms with E-state index < -0.39 is 11.9 Å². The Balaban J connectivity index is 2.11. The zero-order chi connectivity index (χ0) is 13.1. The summed E-state index contributed by atoms with van der Waals surface area (Å²) in [7, 11) is 0. The van der Waals surface area contributed by atoms with Gasteiger partial charge < -0.3 is 0 Å². The number of thiazole rings is 1. The van der Waals surface area contributed by atoms with Crippen molar-refractivity contribution >= 4 is 22.4 Å². The summed E-state index contributed by atoms with van der Waals surface area (Å²) in [4.78, 5) is 19.5. The fraction of sp³-hybridized carbons (Fsp3) is 0.250. The molecule has 6 heteroatoms. The van der Waals surface area contributed by atoms with E-state index in [1.54, 1.807) is 0 Å². The molecule has 0 saturated carbocycles. The average molecular weight is 265 g/mol. The number of pyridine rings is 1. The molecule has 2 aromatic heterocycles. The number of nitrogens with zero attached hydrogens (tertiary/aromatic N) is 2. The Labute approximate surface area is 108 Å². The first-order chi connectivity index (χ1) is 8.56. The molecule has 18 heavy (non-hydrogen) atoms. The van der Waals surface area contributed by atoms with E-state index in [-0.39, 0.29) is 5.69 Å². The third-order valence-electron chi connectivity index (χ3n) is 2.28. The number of carbonyl (C=O) groups is 1. The van der Waals surface area contributed by atoms with E-state index in [2.05, 4.69) is 15.3 Å². The molecule has 0 unspecified atom stereocenters. The van der Waals surface area contributed by atoms with Gasteiger partial charge in [0.05, 0.1) is 5.69 Å². The first kappa shape index (κ1) is 12.6. The van der Waals surface area contributed by atoms with Crippen LogP contribution in [0.1, 0.15) is 35.9 Å². The molecular weight excluding hydrogens is 253 g/mol. The molecule has 1 N–H and O–H groups in total. The van der Waals surface area contributed by atoms with Crippen molar-refractivity contribution in [3.8, 4) is 0 Å². The summed E-state index contributed by atoms with van der Waals surface area (Å²) in [5.41, 5.74) is 0.957. The van der Waals surface area contributed by atoms with Crippen LogP contribution in [0.4, 0.5) is 9.52 Å². The number of halogens is 1. The van der Waals surface area contributed by atoms with Gasteiger partial charge in [0.15, 0.2) is 5.13 Å². The van der Waals surface area contributed by atoms with Crippen molar-refractivity contribution < 1.29 is 9.18 Å². The van der Waals surface area contributed by atoms with Crippen LogP contribution in [0.25, 0.3) is 0 Å². The lowest BCUT2D eigenvalue weighted by molar-refractivity contribution is 0.102. The number of aromatic nitrogens is 2. The van der Waals surface area contributed by atoms with E-state index in [4.69, 9.17) is 0 Å². The fourth-order valence-corrected chi connectivity index (χ4v) is 2.17. The van der Waals surface area contributed by atoms with Crippen LogP contribution in [0.5, 0.6) is 0 Å². The molecule has 94 valence electrons. The van der Waals surface area contributed by atoms with Crippen LogP contribution in [0.3, 0.4) is 0 Å². The minimum absolute atomic E-state index is 0.0382. The smallest absolute Gasteiger partial charge is 0.276 e. The Morgan fingerprint density at radius 2 is 2.17 bits per heavy atom. The van der Waals surface area contributed by atoms with Gasteiger partial charge in [0, 0.05) is 5.38 Å². The molecule has 0 aliphatic carbocycles. The quantitative estimate of drug-likeness (QED) is 0.868. The molecule has 2 heterocycles. The standard InChI is InChI=1S/C12H12FN3OS/c1-7(2)9-6-18-12(15-9)16-11(17)8-4-3-5-10(13)14-8/h3-7H,1-2H3,(H,15,16,17). The van der Waals surface area contributed by atoms with Gasteiger partial charge in [-0.25, -0.2) is 9.97 Å². The molecule has 0 aliphatic rings. The molecule has 0 aliphatic heterocycles. The van der Waals surface area contributed by atoms with E-state index in [0.29, 0.717) is 11.0 Å². The van der Waals surface area contributed by atoms with Gasteiger partial charge in [0.2, 0.25) is 5.95 Å². The fourth-order valence-electron chi connectivity index (χ4n) is 1.30. The van der Waals surface area contributed by atoms with E-state index in [0.717, 1.165) is 5.69 Å². The molecule has 0 aromatic carbocycles. The number of nitrogens with one attached hydrogen (secondary N) is 1. The SMILES string of the molecule is CC(C)c1csc(NC(=O)c2cccc(F)n2)n1. The van der Waals surface area contributed by atoms with Gasteiger partial charge in [-0.15, -0.1) is 11.3 Å².